The Morgan fingerprint density at radius 1 is 1.20 bits per heavy atom. The van der Waals surface area contributed by atoms with E-state index in [0.29, 0.717) is 17.8 Å². The van der Waals surface area contributed by atoms with Crippen molar-refractivity contribution in [3.8, 4) is 0 Å². The quantitative estimate of drug-likeness (QED) is 0.750. The van der Waals surface area contributed by atoms with E-state index in [1.54, 1.807) is 0 Å². The van der Waals surface area contributed by atoms with Crippen molar-refractivity contribution >= 4 is 0 Å². The van der Waals surface area contributed by atoms with E-state index in [4.69, 9.17) is 8.94 Å². The molecular formula is C20H29N3O2. The highest BCUT2D eigenvalue weighted by Crippen LogP contribution is 2.39. The van der Waals surface area contributed by atoms with Gasteiger partial charge in [0.05, 0.1) is 0 Å². The first kappa shape index (κ1) is 16.8. The van der Waals surface area contributed by atoms with Crippen molar-refractivity contribution < 1.29 is 8.94 Å². The van der Waals surface area contributed by atoms with E-state index in [-0.39, 0.29) is 0 Å². The van der Waals surface area contributed by atoms with Gasteiger partial charge in [0.1, 0.15) is 11.5 Å². The van der Waals surface area contributed by atoms with E-state index in [2.05, 4.69) is 34.1 Å². The summed E-state index contributed by atoms with van der Waals surface area (Å²) in [4.78, 5) is 7.17. The minimum absolute atomic E-state index is 0.492. The van der Waals surface area contributed by atoms with Gasteiger partial charge in [-0.25, -0.2) is 0 Å². The van der Waals surface area contributed by atoms with Crippen LogP contribution in [0.3, 0.4) is 0 Å². The lowest BCUT2D eigenvalue weighted by Gasteiger charge is -2.32. The molecule has 0 aromatic carbocycles. The van der Waals surface area contributed by atoms with Gasteiger partial charge < -0.3 is 13.8 Å². The average molecular weight is 343 g/mol. The molecule has 0 N–H and O–H groups in total. The number of hydrogen-bond donors (Lipinski definition) is 0. The molecule has 25 heavy (non-hydrogen) atoms. The molecule has 2 aromatic heterocycles. The fraction of sp³-hybridized carbons (Fsp3) is 0.700. The summed E-state index contributed by atoms with van der Waals surface area (Å²) in [5.74, 6) is 5.67. The summed E-state index contributed by atoms with van der Waals surface area (Å²) in [5.41, 5.74) is 0. The fourth-order valence-electron chi connectivity index (χ4n) is 3.76. The summed E-state index contributed by atoms with van der Waals surface area (Å²) in [5, 5.41) is 4.18. The van der Waals surface area contributed by atoms with Crippen molar-refractivity contribution in [3.63, 3.8) is 0 Å². The zero-order valence-corrected chi connectivity index (χ0v) is 15.4. The van der Waals surface area contributed by atoms with E-state index < -0.39 is 0 Å². The SMILES string of the molecule is Cc1ccc([C@H](C)CCN2CCC(Cc3noc(C4CC4)n3)CC2)o1. The van der Waals surface area contributed by atoms with Gasteiger partial charge in [-0.05, 0) is 76.7 Å². The average Bonchev–Trinajstić information content (AvgIpc) is 3.21. The standard InChI is InChI=1S/C20H29N3O2/c1-14(18-6-3-15(2)24-18)7-10-23-11-8-16(9-12-23)13-19-21-20(25-22-19)17-4-5-17/h3,6,14,16-17H,4-5,7-13H2,1-2H3/t14-/m1/s1. The van der Waals surface area contributed by atoms with E-state index in [1.807, 2.05) is 6.92 Å². The maximum atomic E-state index is 5.75. The number of hydrogen-bond acceptors (Lipinski definition) is 5. The van der Waals surface area contributed by atoms with Crippen LogP contribution in [0.15, 0.2) is 21.1 Å². The van der Waals surface area contributed by atoms with Crippen LogP contribution in [0.2, 0.25) is 0 Å². The summed E-state index contributed by atoms with van der Waals surface area (Å²) in [6.07, 6.45) is 7.05. The summed E-state index contributed by atoms with van der Waals surface area (Å²) < 4.78 is 11.1. The highest BCUT2D eigenvalue weighted by Gasteiger charge is 2.30. The van der Waals surface area contributed by atoms with Gasteiger partial charge in [-0.3, -0.25) is 0 Å². The molecule has 136 valence electrons. The molecule has 1 aliphatic heterocycles. The van der Waals surface area contributed by atoms with Gasteiger partial charge >= 0.3 is 0 Å². The van der Waals surface area contributed by atoms with Gasteiger partial charge in [0.15, 0.2) is 5.82 Å². The topological polar surface area (TPSA) is 55.3 Å². The van der Waals surface area contributed by atoms with Gasteiger partial charge in [0.2, 0.25) is 5.89 Å². The molecule has 1 atom stereocenters. The largest absolute Gasteiger partial charge is 0.466 e. The van der Waals surface area contributed by atoms with Crippen molar-refractivity contribution in [1.82, 2.24) is 15.0 Å². The van der Waals surface area contributed by atoms with E-state index in [1.165, 1.54) is 38.8 Å². The Labute approximate surface area is 149 Å². The lowest BCUT2D eigenvalue weighted by Crippen LogP contribution is -2.35. The Kier molecular flexibility index (Phi) is 4.93. The minimum atomic E-state index is 0.492. The molecule has 1 aliphatic carbocycles. The third kappa shape index (κ3) is 4.32. The van der Waals surface area contributed by atoms with Crippen LogP contribution >= 0.6 is 0 Å². The number of aromatic nitrogens is 2. The number of piperidine rings is 1. The van der Waals surface area contributed by atoms with Crippen molar-refractivity contribution in [2.45, 2.75) is 64.2 Å². The van der Waals surface area contributed by atoms with Crippen LogP contribution in [-0.4, -0.2) is 34.7 Å². The third-order valence-electron chi connectivity index (χ3n) is 5.71. The van der Waals surface area contributed by atoms with Crippen LogP contribution in [0, 0.1) is 12.8 Å². The summed E-state index contributed by atoms with van der Waals surface area (Å²) in [6.45, 7) is 7.79. The van der Waals surface area contributed by atoms with E-state index >= 15 is 0 Å². The lowest BCUT2D eigenvalue weighted by molar-refractivity contribution is 0.176. The number of furan rings is 1. The fourth-order valence-corrected chi connectivity index (χ4v) is 3.76. The second-order valence-electron chi connectivity index (χ2n) is 7.95. The van der Waals surface area contributed by atoms with Crippen molar-refractivity contribution in [2.75, 3.05) is 19.6 Å². The molecule has 5 heteroatoms. The summed E-state index contributed by atoms with van der Waals surface area (Å²) in [6, 6.07) is 4.18. The second kappa shape index (κ2) is 7.32. The molecule has 2 fully saturated rings. The molecule has 5 nitrogen and oxygen atoms in total. The Morgan fingerprint density at radius 3 is 2.68 bits per heavy atom. The molecule has 0 radical (unpaired) electrons. The summed E-state index contributed by atoms with van der Waals surface area (Å²) >= 11 is 0. The first-order valence-electron chi connectivity index (χ1n) is 9.78. The predicted molar refractivity (Wildman–Crippen MR) is 95.6 cm³/mol. The van der Waals surface area contributed by atoms with Crippen LogP contribution in [-0.2, 0) is 6.42 Å². The normalized spacial score (nSPS) is 20.9. The Balaban J connectivity index is 1.18. The molecule has 3 heterocycles. The molecule has 2 aromatic rings. The zero-order chi connectivity index (χ0) is 17.2. The third-order valence-corrected chi connectivity index (χ3v) is 5.71. The molecule has 0 spiro atoms. The van der Waals surface area contributed by atoms with Gasteiger partial charge in [-0.1, -0.05) is 12.1 Å². The van der Waals surface area contributed by atoms with Crippen molar-refractivity contribution in [2.24, 2.45) is 5.92 Å². The molecular weight excluding hydrogens is 314 g/mol. The first-order valence-corrected chi connectivity index (χ1v) is 9.78. The lowest BCUT2D eigenvalue weighted by atomic mass is 9.93. The van der Waals surface area contributed by atoms with Crippen molar-refractivity contribution in [1.29, 1.82) is 0 Å². The first-order chi connectivity index (χ1) is 12.2. The smallest absolute Gasteiger partial charge is 0.229 e. The minimum Gasteiger partial charge on any atom is -0.466 e. The molecule has 0 amide bonds. The Bertz CT molecular complexity index is 681. The second-order valence-corrected chi connectivity index (χ2v) is 7.95. The zero-order valence-electron chi connectivity index (χ0n) is 15.4. The molecule has 2 aliphatic rings. The van der Waals surface area contributed by atoms with Crippen LogP contribution in [0.1, 0.15) is 74.1 Å². The number of likely N-dealkylation sites (tertiary alicyclic amines) is 1. The molecule has 1 saturated heterocycles. The highest BCUT2D eigenvalue weighted by atomic mass is 16.5. The maximum absolute atomic E-state index is 5.75. The molecule has 0 unspecified atom stereocenters. The number of aryl methyl sites for hydroxylation is 1. The Morgan fingerprint density at radius 2 is 2.00 bits per heavy atom. The predicted octanol–water partition coefficient (Wildman–Crippen LogP) is 4.30. The van der Waals surface area contributed by atoms with Crippen LogP contribution < -0.4 is 0 Å². The maximum Gasteiger partial charge on any atom is 0.229 e. The van der Waals surface area contributed by atoms with Crippen LogP contribution in [0.4, 0.5) is 0 Å². The van der Waals surface area contributed by atoms with Gasteiger partial charge in [0.25, 0.3) is 0 Å². The van der Waals surface area contributed by atoms with Crippen molar-refractivity contribution in [3.05, 3.63) is 35.4 Å². The van der Waals surface area contributed by atoms with Crippen LogP contribution in [0.25, 0.3) is 0 Å². The van der Waals surface area contributed by atoms with E-state index in [9.17, 15) is 0 Å². The monoisotopic (exact) mass is 343 g/mol. The number of nitrogens with zero attached hydrogens (tertiary/aromatic N) is 3. The Hall–Kier alpha value is -1.62. The molecule has 0 bridgehead atoms. The van der Waals surface area contributed by atoms with E-state index in [0.717, 1.165) is 42.6 Å². The van der Waals surface area contributed by atoms with Crippen LogP contribution in [0.5, 0.6) is 0 Å². The number of rotatable bonds is 7. The molecule has 4 rings (SSSR count). The highest BCUT2D eigenvalue weighted by molar-refractivity contribution is 5.09. The van der Waals surface area contributed by atoms with Gasteiger partial charge in [0, 0.05) is 18.3 Å². The molecule has 1 saturated carbocycles. The van der Waals surface area contributed by atoms with Gasteiger partial charge in [-0.15, -0.1) is 0 Å². The van der Waals surface area contributed by atoms with Gasteiger partial charge in [-0.2, -0.15) is 4.98 Å². The summed E-state index contributed by atoms with van der Waals surface area (Å²) in [7, 11) is 0.